The van der Waals surface area contributed by atoms with Gasteiger partial charge in [-0.1, -0.05) is 49.0 Å². The second-order valence-corrected chi connectivity index (χ2v) is 7.40. The zero-order valence-electron chi connectivity index (χ0n) is 13.8. The summed E-state index contributed by atoms with van der Waals surface area (Å²) in [6.07, 6.45) is 3.40. The lowest BCUT2D eigenvalue weighted by Crippen LogP contribution is -2.54. The van der Waals surface area contributed by atoms with E-state index in [9.17, 15) is 14.4 Å². The number of hydrogen-bond acceptors (Lipinski definition) is 3. The molecule has 2 N–H and O–H groups in total. The van der Waals surface area contributed by atoms with E-state index in [2.05, 4.69) is 10.6 Å². The third-order valence-corrected chi connectivity index (χ3v) is 5.66. The summed E-state index contributed by atoms with van der Waals surface area (Å²) >= 11 is 12.0. The zero-order chi connectivity index (χ0) is 18.2. The van der Waals surface area contributed by atoms with E-state index in [0.717, 1.165) is 24.2 Å². The molecular formula is C17H19Cl2N3O3. The van der Waals surface area contributed by atoms with Crippen LogP contribution in [0.1, 0.15) is 32.6 Å². The molecule has 1 spiro atoms. The van der Waals surface area contributed by atoms with Gasteiger partial charge >= 0.3 is 6.03 Å². The summed E-state index contributed by atoms with van der Waals surface area (Å²) in [6.45, 7) is 1.59. The summed E-state index contributed by atoms with van der Waals surface area (Å²) in [5.74, 6) is -0.812. The van der Waals surface area contributed by atoms with E-state index in [1.54, 1.807) is 18.2 Å². The number of benzene rings is 1. The second kappa shape index (κ2) is 6.84. The van der Waals surface area contributed by atoms with Gasteiger partial charge in [0.25, 0.3) is 5.91 Å². The minimum Gasteiger partial charge on any atom is -0.323 e. The van der Waals surface area contributed by atoms with Crippen LogP contribution in [0.3, 0.4) is 0 Å². The van der Waals surface area contributed by atoms with Crippen molar-refractivity contribution in [2.75, 3.05) is 11.9 Å². The van der Waals surface area contributed by atoms with Crippen molar-refractivity contribution in [3.63, 3.8) is 0 Å². The van der Waals surface area contributed by atoms with Gasteiger partial charge in [-0.25, -0.2) is 4.79 Å². The van der Waals surface area contributed by atoms with Crippen molar-refractivity contribution >= 4 is 46.7 Å². The van der Waals surface area contributed by atoms with Crippen LogP contribution >= 0.6 is 23.2 Å². The third-order valence-electron chi connectivity index (χ3n) is 5.03. The van der Waals surface area contributed by atoms with Crippen LogP contribution in [0.5, 0.6) is 0 Å². The molecule has 0 bridgehead atoms. The smallest absolute Gasteiger partial charge is 0.323 e. The summed E-state index contributed by atoms with van der Waals surface area (Å²) in [5, 5.41) is 5.96. The number of halogens is 2. The summed E-state index contributed by atoms with van der Waals surface area (Å²) in [6, 6.07) is 4.32. The van der Waals surface area contributed by atoms with E-state index in [4.69, 9.17) is 23.2 Å². The Balaban J connectivity index is 1.73. The molecule has 3 rings (SSSR count). The Morgan fingerprint density at radius 3 is 2.64 bits per heavy atom. The predicted molar refractivity (Wildman–Crippen MR) is 95.7 cm³/mol. The van der Waals surface area contributed by atoms with Crippen LogP contribution in [0, 0.1) is 5.92 Å². The standard InChI is InChI=1S/C17H19Cl2N3O3/c1-10-5-2-3-8-17(10)15(24)22(16(25)21-17)9-13(23)20-14-11(18)6-4-7-12(14)19/h4,6-7,10H,2-3,5,8-9H2,1H3,(H,20,23)(H,21,25)/t10-,17+/m0/s1. The minimum absolute atomic E-state index is 0.0452. The molecule has 8 heteroatoms. The maximum absolute atomic E-state index is 12.8. The van der Waals surface area contributed by atoms with Crippen LogP contribution in [0.15, 0.2) is 18.2 Å². The van der Waals surface area contributed by atoms with E-state index in [1.807, 2.05) is 6.92 Å². The molecule has 2 fully saturated rings. The Morgan fingerprint density at radius 1 is 1.32 bits per heavy atom. The van der Waals surface area contributed by atoms with Crippen molar-refractivity contribution in [1.82, 2.24) is 10.2 Å². The van der Waals surface area contributed by atoms with Gasteiger partial charge in [0.2, 0.25) is 5.91 Å². The molecule has 1 aromatic rings. The molecule has 1 saturated carbocycles. The van der Waals surface area contributed by atoms with E-state index < -0.39 is 17.5 Å². The van der Waals surface area contributed by atoms with Crippen LogP contribution in [0.4, 0.5) is 10.5 Å². The van der Waals surface area contributed by atoms with E-state index in [-0.39, 0.29) is 34.1 Å². The van der Waals surface area contributed by atoms with Gasteiger partial charge in [0.05, 0.1) is 15.7 Å². The van der Waals surface area contributed by atoms with Crippen LogP contribution < -0.4 is 10.6 Å². The fraction of sp³-hybridized carbons (Fsp3) is 0.471. The Kier molecular flexibility index (Phi) is 4.93. The Hall–Kier alpha value is -1.79. The molecule has 2 atom stereocenters. The van der Waals surface area contributed by atoms with Gasteiger partial charge in [-0.15, -0.1) is 0 Å². The second-order valence-electron chi connectivity index (χ2n) is 6.58. The number of urea groups is 1. The first-order valence-corrected chi connectivity index (χ1v) is 8.99. The molecule has 1 heterocycles. The number of anilines is 1. The average molecular weight is 384 g/mol. The van der Waals surface area contributed by atoms with Crippen molar-refractivity contribution in [2.24, 2.45) is 5.92 Å². The monoisotopic (exact) mass is 383 g/mol. The summed E-state index contributed by atoms with van der Waals surface area (Å²) in [7, 11) is 0. The molecule has 0 unspecified atom stereocenters. The maximum atomic E-state index is 12.8. The quantitative estimate of drug-likeness (QED) is 0.784. The number of amides is 4. The predicted octanol–water partition coefficient (Wildman–Crippen LogP) is 3.43. The van der Waals surface area contributed by atoms with E-state index >= 15 is 0 Å². The maximum Gasteiger partial charge on any atom is 0.325 e. The Morgan fingerprint density at radius 2 is 2.00 bits per heavy atom. The average Bonchev–Trinajstić information content (AvgIpc) is 2.79. The third kappa shape index (κ3) is 3.20. The van der Waals surface area contributed by atoms with Gasteiger partial charge in [-0.2, -0.15) is 0 Å². The van der Waals surface area contributed by atoms with Crippen molar-refractivity contribution in [2.45, 2.75) is 38.1 Å². The molecule has 0 radical (unpaired) electrons. The Bertz CT molecular complexity index is 720. The highest BCUT2D eigenvalue weighted by molar-refractivity contribution is 6.39. The number of nitrogens with zero attached hydrogens (tertiary/aromatic N) is 1. The van der Waals surface area contributed by atoms with Gasteiger partial charge < -0.3 is 10.6 Å². The van der Waals surface area contributed by atoms with E-state index in [0.29, 0.717) is 6.42 Å². The highest BCUT2D eigenvalue weighted by atomic mass is 35.5. The number of hydrogen-bond donors (Lipinski definition) is 2. The highest BCUT2D eigenvalue weighted by Crippen LogP contribution is 2.38. The molecule has 1 aliphatic carbocycles. The number of rotatable bonds is 3. The lowest BCUT2D eigenvalue weighted by Gasteiger charge is -2.36. The van der Waals surface area contributed by atoms with Crippen molar-refractivity contribution in [3.05, 3.63) is 28.2 Å². The fourth-order valence-electron chi connectivity index (χ4n) is 3.58. The molecule has 1 saturated heterocycles. The first-order chi connectivity index (χ1) is 11.8. The van der Waals surface area contributed by atoms with Gasteiger partial charge in [0, 0.05) is 0 Å². The van der Waals surface area contributed by atoms with Crippen LogP contribution in [0.2, 0.25) is 10.0 Å². The first-order valence-electron chi connectivity index (χ1n) is 8.23. The van der Waals surface area contributed by atoms with Crippen LogP contribution in [-0.2, 0) is 9.59 Å². The zero-order valence-corrected chi connectivity index (χ0v) is 15.3. The molecular weight excluding hydrogens is 365 g/mol. The lowest BCUT2D eigenvalue weighted by molar-refractivity contribution is -0.136. The number of carbonyl (C=O) groups excluding carboxylic acids is 3. The van der Waals surface area contributed by atoms with Crippen molar-refractivity contribution < 1.29 is 14.4 Å². The lowest BCUT2D eigenvalue weighted by atomic mass is 9.73. The minimum atomic E-state index is -0.877. The molecule has 1 aromatic carbocycles. The molecule has 2 aliphatic rings. The van der Waals surface area contributed by atoms with E-state index in [1.165, 1.54) is 0 Å². The first kappa shape index (κ1) is 18.0. The summed E-state index contributed by atoms with van der Waals surface area (Å²) < 4.78 is 0. The van der Waals surface area contributed by atoms with Gasteiger partial charge in [-0.3, -0.25) is 14.5 Å². The summed E-state index contributed by atoms with van der Waals surface area (Å²) in [5.41, 5.74) is -0.610. The van der Waals surface area contributed by atoms with Gasteiger partial charge in [0.15, 0.2) is 0 Å². The fourth-order valence-corrected chi connectivity index (χ4v) is 4.07. The van der Waals surface area contributed by atoms with Crippen LogP contribution in [-0.4, -0.2) is 34.8 Å². The molecule has 134 valence electrons. The summed E-state index contributed by atoms with van der Waals surface area (Å²) in [4.78, 5) is 38.4. The SMILES string of the molecule is C[C@H]1CCCC[C@@]12NC(=O)N(CC(=O)Nc1c(Cl)cccc1Cl)C2=O. The molecule has 6 nitrogen and oxygen atoms in total. The largest absolute Gasteiger partial charge is 0.325 e. The number of carbonyl (C=O) groups is 3. The van der Waals surface area contributed by atoms with Crippen LogP contribution in [0.25, 0.3) is 0 Å². The molecule has 4 amide bonds. The Labute approximate surface area is 155 Å². The molecule has 25 heavy (non-hydrogen) atoms. The number of imide groups is 1. The number of para-hydroxylation sites is 1. The molecule has 0 aromatic heterocycles. The normalized spacial score (nSPS) is 26.0. The van der Waals surface area contributed by atoms with Crippen molar-refractivity contribution in [3.8, 4) is 0 Å². The van der Waals surface area contributed by atoms with Gasteiger partial charge in [0.1, 0.15) is 12.1 Å². The molecule has 1 aliphatic heterocycles. The highest BCUT2D eigenvalue weighted by Gasteiger charge is 2.55. The van der Waals surface area contributed by atoms with Crippen molar-refractivity contribution in [1.29, 1.82) is 0 Å². The topological polar surface area (TPSA) is 78.5 Å². The number of nitrogens with one attached hydrogen (secondary N) is 2. The van der Waals surface area contributed by atoms with Gasteiger partial charge in [-0.05, 0) is 30.9 Å².